The standard InChI is InChI=1S/C8H18Br2O6P2/c1-7(9)5-15-17(11)13-3-4-14-18(12)16-6-8(2)10/h7-8,11-12H,3-6H2,1-2H3. The van der Waals surface area contributed by atoms with E-state index in [1.165, 1.54) is 0 Å². The van der Waals surface area contributed by atoms with Crippen molar-refractivity contribution in [2.75, 3.05) is 26.4 Å². The zero-order chi connectivity index (χ0) is 14.0. The first kappa shape index (κ1) is 19.6. The molecule has 0 amide bonds. The van der Waals surface area contributed by atoms with Crippen LogP contribution >= 0.6 is 49.1 Å². The van der Waals surface area contributed by atoms with Crippen molar-refractivity contribution in [3.63, 3.8) is 0 Å². The molecule has 6 nitrogen and oxygen atoms in total. The second-order valence-electron chi connectivity index (χ2n) is 3.30. The van der Waals surface area contributed by atoms with Gasteiger partial charge in [0.05, 0.1) is 26.4 Å². The summed E-state index contributed by atoms with van der Waals surface area (Å²) in [6.07, 6.45) is 0. The minimum absolute atomic E-state index is 0.130. The number of hydrogen-bond acceptors (Lipinski definition) is 6. The smallest absolute Gasteiger partial charge is 0.328 e. The van der Waals surface area contributed by atoms with Gasteiger partial charge in [-0.05, 0) is 0 Å². The summed E-state index contributed by atoms with van der Waals surface area (Å²) < 4.78 is 19.9. The molecule has 0 fully saturated rings. The highest BCUT2D eigenvalue weighted by atomic mass is 79.9. The van der Waals surface area contributed by atoms with Crippen molar-refractivity contribution >= 4 is 49.1 Å². The van der Waals surface area contributed by atoms with E-state index in [-0.39, 0.29) is 22.9 Å². The fraction of sp³-hybridized carbons (Fsp3) is 1.00. The van der Waals surface area contributed by atoms with Crippen molar-refractivity contribution in [1.29, 1.82) is 0 Å². The van der Waals surface area contributed by atoms with E-state index in [1.54, 1.807) is 0 Å². The fourth-order valence-electron chi connectivity index (χ4n) is 0.638. The molecule has 0 aromatic carbocycles. The Hall–Kier alpha value is 1.58. The molecule has 0 aromatic rings. The molecule has 0 aliphatic rings. The first-order chi connectivity index (χ1) is 8.41. The summed E-state index contributed by atoms with van der Waals surface area (Å²) in [7, 11) is -3.79. The Balaban J connectivity index is 3.37. The van der Waals surface area contributed by atoms with Crippen LogP contribution in [-0.2, 0) is 18.1 Å². The molecule has 110 valence electrons. The summed E-state index contributed by atoms with van der Waals surface area (Å²) >= 11 is 6.55. The molecule has 0 saturated heterocycles. The Morgan fingerprint density at radius 2 is 1.17 bits per heavy atom. The Bertz CT molecular complexity index is 180. The van der Waals surface area contributed by atoms with E-state index in [1.807, 2.05) is 13.8 Å². The van der Waals surface area contributed by atoms with Crippen LogP contribution in [-0.4, -0.2) is 45.9 Å². The molecule has 0 bridgehead atoms. The van der Waals surface area contributed by atoms with Gasteiger partial charge in [0.25, 0.3) is 0 Å². The Labute approximate surface area is 127 Å². The molecule has 0 spiro atoms. The maximum absolute atomic E-state index is 9.29. The molecule has 0 aromatic heterocycles. The molecule has 0 aliphatic carbocycles. The van der Waals surface area contributed by atoms with Crippen LogP contribution in [0.2, 0.25) is 0 Å². The second-order valence-corrected chi connectivity index (χ2v) is 8.41. The van der Waals surface area contributed by atoms with Crippen molar-refractivity contribution in [2.45, 2.75) is 23.5 Å². The summed E-state index contributed by atoms with van der Waals surface area (Å²) in [4.78, 5) is 18.9. The molecule has 18 heavy (non-hydrogen) atoms. The van der Waals surface area contributed by atoms with Gasteiger partial charge in [0.15, 0.2) is 0 Å². The molecule has 0 aliphatic heterocycles. The van der Waals surface area contributed by atoms with Gasteiger partial charge in [0.2, 0.25) is 0 Å². The van der Waals surface area contributed by atoms with E-state index in [4.69, 9.17) is 18.1 Å². The summed E-state index contributed by atoms with van der Waals surface area (Å²) in [5, 5.41) is 0. The third-order valence-electron chi connectivity index (χ3n) is 1.32. The van der Waals surface area contributed by atoms with E-state index in [0.29, 0.717) is 13.2 Å². The lowest BCUT2D eigenvalue weighted by Gasteiger charge is -2.13. The Morgan fingerprint density at radius 3 is 1.44 bits per heavy atom. The van der Waals surface area contributed by atoms with Crippen LogP contribution in [0, 0.1) is 0 Å². The molecule has 0 heterocycles. The average Bonchev–Trinajstić information content (AvgIpc) is 2.29. The van der Waals surface area contributed by atoms with Crippen LogP contribution in [0.5, 0.6) is 0 Å². The highest BCUT2D eigenvalue weighted by Crippen LogP contribution is 2.35. The van der Waals surface area contributed by atoms with Gasteiger partial charge in [-0.25, -0.2) is 0 Å². The highest BCUT2D eigenvalue weighted by molar-refractivity contribution is 9.09. The summed E-state index contributed by atoms with van der Waals surface area (Å²) in [6.45, 7) is 4.78. The van der Waals surface area contributed by atoms with Crippen molar-refractivity contribution in [1.82, 2.24) is 0 Å². The van der Waals surface area contributed by atoms with Gasteiger partial charge in [-0.15, -0.1) is 0 Å². The lowest BCUT2D eigenvalue weighted by atomic mass is 10.5. The monoisotopic (exact) mass is 430 g/mol. The average molecular weight is 432 g/mol. The van der Waals surface area contributed by atoms with Crippen LogP contribution in [0.1, 0.15) is 13.8 Å². The minimum atomic E-state index is -1.89. The maximum Gasteiger partial charge on any atom is 0.329 e. The van der Waals surface area contributed by atoms with Gasteiger partial charge in [-0.1, -0.05) is 45.7 Å². The van der Waals surface area contributed by atoms with Crippen LogP contribution < -0.4 is 0 Å². The molecule has 0 saturated carbocycles. The van der Waals surface area contributed by atoms with Gasteiger partial charge < -0.3 is 27.9 Å². The normalized spacial score (nSPS) is 18.3. The van der Waals surface area contributed by atoms with Gasteiger partial charge in [-0.2, -0.15) is 0 Å². The number of alkyl halides is 2. The molecule has 4 unspecified atom stereocenters. The van der Waals surface area contributed by atoms with Crippen molar-refractivity contribution in [3.05, 3.63) is 0 Å². The Kier molecular flexibility index (Phi) is 13.4. The van der Waals surface area contributed by atoms with E-state index < -0.39 is 17.2 Å². The van der Waals surface area contributed by atoms with Gasteiger partial charge >= 0.3 is 17.2 Å². The minimum Gasteiger partial charge on any atom is -0.328 e. The van der Waals surface area contributed by atoms with Crippen molar-refractivity contribution in [3.8, 4) is 0 Å². The molecule has 2 N–H and O–H groups in total. The maximum atomic E-state index is 9.29. The first-order valence-corrected chi connectivity index (χ1v) is 9.28. The number of hydrogen-bond donors (Lipinski definition) is 2. The highest BCUT2D eigenvalue weighted by Gasteiger charge is 2.11. The van der Waals surface area contributed by atoms with Gasteiger partial charge in [0, 0.05) is 9.65 Å². The van der Waals surface area contributed by atoms with Crippen LogP contribution in [0.4, 0.5) is 0 Å². The zero-order valence-corrected chi connectivity index (χ0v) is 15.1. The van der Waals surface area contributed by atoms with Crippen molar-refractivity contribution < 1.29 is 27.9 Å². The van der Waals surface area contributed by atoms with Crippen LogP contribution in [0.3, 0.4) is 0 Å². The zero-order valence-electron chi connectivity index (χ0n) is 10.2. The molecule has 10 heteroatoms. The first-order valence-electron chi connectivity index (χ1n) is 5.19. The fourth-order valence-corrected chi connectivity index (χ4v) is 2.62. The number of halogens is 2. The molecule has 0 rings (SSSR count). The molecular weight excluding hydrogens is 414 g/mol. The van der Waals surface area contributed by atoms with Crippen LogP contribution in [0.25, 0.3) is 0 Å². The topological polar surface area (TPSA) is 77.4 Å². The summed E-state index contributed by atoms with van der Waals surface area (Å²) in [5.41, 5.74) is 0. The van der Waals surface area contributed by atoms with E-state index in [2.05, 4.69) is 31.9 Å². The van der Waals surface area contributed by atoms with E-state index in [0.717, 1.165) is 0 Å². The number of rotatable bonds is 11. The lowest BCUT2D eigenvalue weighted by molar-refractivity contribution is 0.147. The summed E-state index contributed by atoms with van der Waals surface area (Å²) in [6, 6.07) is 0. The van der Waals surface area contributed by atoms with Crippen LogP contribution in [0.15, 0.2) is 0 Å². The second kappa shape index (κ2) is 12.3. The van der Waals surface area contributed by atoms with Gasteiger partial charge in [-0.3, -0.25) is 0 Å². The predicted octanol–water partition coefficient (Wildman–Crippen LogP) is 3.06. The SMILES string of the molecule is CC(Br)COP(O)OCCOP(O)OCC(C)Br. The quantitative estimate of drug-likeness (QED) is 0.297. The van der Waals surface area contributed by atoms with Gasteiger partial charge in [0.1, 0.15) is 0 Å². The largest absolute Gasteiger partial charge is 0.329 e. The molecular formula is C8H18Br2O6P2. The van der Waals surface area contributed by atoms with Crippen molar-refractivity contribution in [2.24, 2.45) is 0 Å². The third kappa shape index (κ3) is 14.0. The summed E-state index contributed by atoms with van der Waals surface area (Å²) in [5.74, 6) is 0. The van der Waals surface area contributed by atoms with E-state index in [9.17, 15) is 9.79 Å². The molecule has 4 atom stereocenters. The van der Waals surface area contributed by atoms with E-state index >= 15 is 0 Å². The third-order valence-corrected chi connectivity index (χ3v) is 3.39. The Morgan fingerprint density at radius 1 is 0.833 bits per heavy atom. The predicted molar refractivity (Wildman–Crippen MR) is 78.9 cm³/mol. The molecule has 0 radical (unpaired) electrons. The lowest BCUT2D eigenvalue weighted by Crippen LogP contribution is -2.06.